The van der Waals surface area contributed by atoms with Crippen LogP contribution >= 0.6 is 0 Å². The molecule has 0 aliphatic rings. The molecule has 0 unspecified atom stereocenters. The van der Waals surface area contributed by atoms with Crippen LogP contribution in [-0.4, -0.2) is 32.4 Å². The second kappa shape index (κ2) is 20.2. The fourth-order valence-electron chi connectivity index (χ4n) is 4.80. The van der Waals surface area contributed by atoms with Gasteiger partial charge in [0, 0.05) is 0 Å². The predicted molar refractivity (Wildman–Crippen MR) is 154 cm³/mol. The van der Waals surface area contributed by atoms with Crippen LogP contribution in [-0.2, 0) is 19.0 Å². The summed E-state index contributed by atoms with van der Waals surface area (Å²) in [6.45, 7) is 6.22. The number of rotatable bonds is 22. The molecule has 2 aromatic carbocycles. The molecule has 0 aliphatic carbocycles. The molecule has 3 heteroatoms. The fraction of sp³-hybridized carbons (Fsp3) is 0.625. The molecule has 0 aromatic heterocycles. The summed E-state index contributed by atoms with van der Waals surface area (Å²) in [4.78, 5) is 0. The van der Waals surface area contributed by atoms with Crippen molar-refractivity contribution in [3.05, 3.63) is 71.8 Å². The van der Waals surface area contributed by atoms with Gasteiger partial charge in [-0.3, -0.25) is 0 Å². The summed E-state index contributed by atoms with van der Waals surface area (Å²) in [6, 6.07) is 21.6. The number of unbranched alkanes of at least 4 members (excludes halogenated alkanes) is 10. The van der Waals surface area contributed by atoms with Crippen molar-refractivity contribution in [3.63, 3.8) is 0 Å². The molecule has 0 heterocycles. The Balaban J connectivity index is 1.97. The van der Waals surface area contributed by atoms with Gasteiger partial charge in [0.15, 0.2) is 0 Å². The second-order valence-corrected chi connectivity index (χ2v) is 19.8. The maximum absolute atomic E-state index is 6.91. The third-order valence-corrected chi connectivity index (χ3v) is 17.6. The van der Waals surface area contributed by atoms with Crippen molar-refractivity contribution in [1.82, 2.24) is 0 Å². The monoisotopic (exact) mass is 588 g/mol. The van der Waals surface area contributed by atoms with Crippen LogP contribution in [0.1, 0.15) is 102 Å². The number of hydrogen-bond donors (Lipinski definition) is 0. The van der Waals surface area contributed by atoms with E-state index >= 15 is 0 Å². The fourth-order valence-corrected chi connectivity index (χ4v) is 14.6. The van der Waals surface area contributed by atoms with Gasteiger partial charge < -0.3 is 0 Å². The molecule has 2 rings (SSSR count). The minimum atomic E-state index is -3.16. The van der Waals surface area contributed by atoms with Crippen LogP contribution in [0.4, 0.5) is 0 Å². The first-order valence-electron chi connectivity index (χ1n) is 14.6. The summed E-state index contributed by atoms with van der Waals surface area (Å²) >= 11 is -3.16. The Morgan fingerprint density at radius 2 is 0.857 bits per heavy atom. The van der Waals surface area contributed by atoms with Gasteiger partial charge in [0.1, 0.15) is 0 Å². The molecule has 0 N–H and O–H groups in total. The molecule has 0 bridgehead atoms. The van der Waals surface area contributed by atoms with Crippen molar-refractivity contribution in [2.75, 3.05) is 13.2 Å². The topological polar surface area (TPSA) is 18.5 Å². The third kappa shape index (κ3) is 14.5. The van der Waals surface area contributed by atoms with Crippen LogP contribution in [0.15, 0.2) is 60.7 Å². The third-order valence-electron chi connectivity index (χ3n) is 7.02. The van der Waals surface area contributed by atoms with Gasteiger partial charge >= 0.3 is 223 Å². The minimum absolute atomic E-state index is 0.817. The van der Waals surface area contributed by atoms with Crippen molar-refractivity contribution in [3.8, 4) is 0 Å². The second-order valence-electron chi connectivity index (χ2n) is 10.1. The van der Waals surface area contributed by atoms with Crippen LogP contribution in [0.3, 0.4) is 0 Å². The SMILES string of the molecule is CCCCCCC[CH2][Sn]([CH2]CCCCCCC)([O]CCc1ccccc1)[O]CCc1ccccc1. The van der Waals surface area contributed by atoms with Crippen LogP contribution in [0.5, 0.6) is 0 Å². The van der Waals surface area contributed by atoms with E-state index in [0.717, 1.165) is 26.1 Å². The first kappa shape index (κ1) is 30.4. The Bertz CT molecular complexity index is 655. The molecule has 0 atom stereocenters. The van der Waals surface area contributed by atoms with E-state index in [2.05, 4.69) is 74.5 Å². The molecule has 0 saturated carbocycles. The van der Waals surface area contributed by atoms with Gasteiger partial charge in [0.25, 0.3) is 0 Å². The molecule has 0 amide bonds. The van der Waals surface area contributed by atoms with E-state index in [4.69, 9.17) is 6.15 Å². The van der Waals surface area contributed by atoms with E-state index in [9.17, 15) is 0 Å². The quantitative estimate of drug-likeness (QED) is 0.101. The molecule has 196 valence electrons. The Morgan fingerprint density at radius 3 is 1.26 bits per heavy atom. The molecular weight excluding hydrogens is 535 g/mol. The summed E-state index contributed by atoms with van der Waals surface area (Å²) in [5, 5.41) is 0. The van der Waals surface area contributed by atoms with Crippen molar-refractivity contribution in [1.29, 1.82) is 0 Å². The van der Waals surface area contributed by atoms with E-state index in [1.807, 2.05) is 0 Å². The Kier molecular flexibility index (Phi) is 17.6. The van der Waals surface area contributed by atoms with Crippen molar-refractivity contribution < 1.29 is 6.15 Å². The molecule has 0 fully saturated rings. The van der Waals surface area contributed by atoms with Crippen molar-refractivity contribution in [2.45, 2.75) is 113 Å². The van der Waals surface area contributed by atoms with Gasteiger partial charge in [-0.15, -0.1) is 0 Å². The molecule has 2 aromatic rings. The first-order chi connectivity index (χ1) is 17.3. The van der Waals surface area contributed by atoms with Crippen LogP contribution in [0, 0.1) is 0 Å². The van der Waals surface area contributed by atoms with E-state index in [0.29, 0.717) is 0 Å². The van der Waals surface area contributed by atoms with E-state index in [1.54, 1.807) is 0 Å². The van der Waals surface area contributed by atoms with Gasteiger partial charge in [-0.1, -0.05) is 0 Å². The Labute approximate surface area is 222 Å². The molecule has 0 spiro atoms. The van der Waals surface area contributed by atoms with E-state index < -0.39 is 19.2 Å². The average Bonchev–Trinajstić information content (AvgIpc) is 2.89. The van der Waals surface area contributed by atoms with Gasteiger partial charge in [-0.05, 0) is 0 Å². The van der Waals surface area contributed by atoms with Gasteiger partial charge in [-0.25, -0.2) is 0 Å². The van der Waals surface area contributed by atoms with Crippen molar-refractivity contribution in [2.24, 2.45) is 0 Å². The van der Waals surface area contributed by atoms with Gasteiger partial charge in [0.2, 0.25) is 0 Å². The zero-order valence-electron chi connectivity index (χ0n) is 22.8. The molecule has 0 radical (unpaired) electrons. The maximum atomic E-state index is 6.91. The first-order valence-corrected chi connectivity index (χ1v) is 21.0. The zero-order valence-corrected chi connectivity index (χ0v) is 25.7. The van der Waals surface area contributed by atoms with Crippen LogP contribution in [0.25, 0.3) is 0 Å². The molecular formula is C32H52O2Sn. The van der Waals surface area contributed by atoms with Crippen LogP contribution in [0.2, 0.25) is 8.87 Å². The average molecular weight is 587 g/mol. The Hall–Kier alpha value is -0.841. The van der Waals surface area contributed by atoms with Gasteiger partial charge in [0.05, 0.1) is 0 Å². The van der Waals surface area contributed by atoms with E-state index in [-0.39, 0.29) is 0 Å². The zero-order chi connectivity index (χ0) is 24.9. The summed E-state index contributed by atoms with van der Waals surface area (Å²) in [7, 11) is 0. The number of hydrogen-bond acceptors (Lipinski definition) is 2. The summed E-state index contributed by atoms with van der Waals surface area (Å²) in [5.74, 6) is 0. The van der Waals surface area contributed by atoms with Crippen molar-refractivity contribution >= 4 is 19.2 Å². The standard InChI is InChI=1S/2C8H9O.2C8H17.Sn/c2*9-7-6-8-4-2-1-3-5-8;2*1-3-5-7-8-6-4-2;/h2*1-5H,6-7H2;2*1,3-8H2,2H3;/q2*-1;;;+2. The number of benzene rings is 2. The summed E-state index contributed by atoms with van der Waals surface area (Å²) in [5.41, 5.74) is 2.74. The van der Waals surface area contributed by atoms with Crippen LogP contribution < -0.4 is 0 Å². The van der Waals surface area contributed by atoms with Gasteiger partial charge in [-0.2, -0.15) is 0 Å². The van der Waals surface area contributed by atoms with E-state index in [1.165, 1.54) is 97.1 Å². The predicted octanol–water partition coefficient (Wildman–Crippen LogP) is 9.67. The molecule has 35 heavy (non-hydrogen) atoms. The molecule has 0 saturated heterocycles. The Morgan fingerprint density at radius 1 is 0.486 bits per heavy atom. The molecule has 2 nitrogen and oxygen atoms in total. The summed E-state index contributed by atoms with van der Waals surface area (Å²) < 4.78 is 16.3. The normalized spacial score (nSPS) is 11.7. The molecule has 0 aliphatic heterocycles. The summed E-state index contributed by atoms with van der Waals surface area (Å²) in [6.07, 6.45) is 18.1.